The Bertz CT molecular complexity index is 1200. The Hall–Kier alpha value is -2.77. The van der Waals surface area contributed by atoms with Crippen molar-refractivity contribution >= 4 is 45.3 Å². The van der Waals surface area contributed by atoms with Crippen LogP contribution in [0.3, 0.4) is 0 Å². The smallest absolute Gasteiger partial charge is 0.216 e. The van der Waals surface area contributed by atoms with E-state index in [9.17, 15) is 9.59 Å². The van der Waals surface area contributed by atoms with Gasteiger partial charge < -0.3 is 9.73 Å². The lowest BCUT2D eigenvalue weighted by Gasteiger charge is -1.99. The Kier molecular flexibility index (Phi) is 6.11. The van der Waals surface area contributed by atoms with Crippen molar-refractivity contribution in [1.82, 2.24) is 10.3 Å². The molecular weight excluding hydrogens is 416 g/mol. The van der Waals surface area contributed by atoms with E-state index < -0.39 is 0 Å². The normalized spacial score (nSPS) is 11.1. The third-order valence-electron chi connectivity index (χ3n) is 4.76. The molecule has 1 aromatic carbocycles. The van der Waals surface area contributed by atoms with Gasteiger partial charge in [0.1, 0.15) is 16.4 Å². The average Bonchev–Trinajstić information content (AvgIpc) is 3.42. The number of aryl methyl sites for hydroxylation is 1. The average molecular weight is 439 g/mol. The van der Waals surface area contributed by atoms with Crippen LogP contribution in [-0.4, -0.2) is 23.2 Å². The number of hydrogen-bond acceptors (Lipinski definition) is 6. The highest BCUT2D eigenvalue weighted by molar-refractivity contribution is 7.16. The molecule has 4 aromatic rings. The van der Waals surface area contributed by atoms with E-state index in [-0.39, 0.29) is 11.7 Å². The van der Waals surface area contributed by atoms with Crippen LogP contribution >= 0.6 is 22.7 Å². The first-order chi connectivity index (χ1) is 14.5. The molecule has 0 spiro atoms. The standard InChI is InChI=1S/C23H22N2O3S2/c1-14-3-5-19-16(12-28-21(19)9-14)10-17(27)11-23-25-20(13-29-23)22-6-4-18(30-22)7-8-24-15(2)26/h3-6,9,12-13H,7-8,10-11H2,1-2H3,(H,24,26). The van der Waals surface area contributed by atoms with Gasteiger partial charge in [-0.1, -0.05) is 12.1 Å². The van der Waals surface area contributed by atoms with E-state index in [2.05, 4.69) is 16.4 Å². The Morgan fingerprint density at radius 2 is 2.03 bits per heavy atom. The number of Topliss-reactive ketones (excluding diaryl/α,β-unsaturated/α-hetero) is 1. The summed E-state index contributed by atoms with van der Waals surface area (Å²) in [7, 11) is 0. The van der Waals surface area contributed by atoms with Gasteiger partial charge in [-0.2, -0.15) is 0 Å². The van der Waals surface area contributed by atoms with E-state index in [0.717, 1.165) is 44.1 Å². The number of benzene rings is 1. The van der Waals surface area contributed by atoms with Crippen LogP contribution < -0.4 is 5.32 Å². The SMILES string of the molecule is CC(=O)NCCc1ccc(-c2csc(CC(=O)Cc3coc4cc(C)ccc34)n2)s1. The molecule has 1 N–H and O–H groups in total. The number of amides is 1. The molecule has 0 saturated heterocycles. The van der Waals surface area contributed by atoms with E-state index in [1.54, 1.807) is 17.6 Å². The van der Waals surface area contributed by atoms with Crippen molar-refractivity contribution in [2.45, 2.75) is 33.1 Å². The van der Waals surface area contributed by atoms with Crippen molar-refractivity contribution in [3.63, 3.8) is 0 Å². The molecule has 0 atom stereocenters. The number of thiophene rings is 1. The van der Waals surface area contributed by atoms with E-state index >= 15 is 0 Å². The molecule has 4 rings (SSSR count). The van der Waals surface area contributed by atoms with Crippen LogP contribution in [0, 0.1) is 6.92 Å². The third-order valence-corrected chi connectivity index (χ3v) is 6.77. The largest absolute Gasteiger partial charge is 0.464 e. The first-order valence-corrected chi connectivity index (χ1v) is 11.4. The predicted octanol–water partition coefficient (Wildman–Crippen LogP) is 4.96. The molecule has 0 saturated carbocycles. The summed E-state index contributed by atoms with van der Waals surface area (Å²) in [5.74, 6) is 0.112. The molecule has 5 nitrogen and oxygen atoms in total. The minimum absolute atomic E-state index is 0.0147. The van der Waals surface area contributed by atoms with Crippen molar-refractivity contribution in [3.05, 3.63) is 63.0 Å². The number of hydrogen-bond donors (Lipinski definition) is 1. The van der Waals surface area contributed by atoms with Gasteiger partial charge in [0.25, 0.3) is 0 Å². The van der Waals surface area contributed by atoms with Gasteiger partial charge >= 0.3 is 0 Å². The second-order valence-corrected chi connectivity index (χ2v) is 9.39. The summed E-state index contributed by atoms with van der Waals surface area (Å²) >= 11 is 3.19. The maximum atomic E-state index is 12.6. The minimum Gasteiger partial charge on any atom is -0.464 e. The lowest BCUT2D eigenvalue weighted by molar-refractivity contribution is -0.119. The van der Waals surface area contributed by atoms with Crippen LogP contribution in [0.25, 0.3) is 21.5 Å². The zero-order valence-corrected chi connectivity index (χ0v) is 18.5. The number of nitrogens with zero attached hydrogens (tertiary/aromatic N) is 1. The third kappa shape index (κ3) is 4.86. The molecule has 0 aliphatic rings. The number of fused-ring (bicyclic) bond motifs is 1. The maximum absolute atomic E-state index is 12.6. The molecule has 154 valence electrons. The van der Waals surface area contributed by atoms with Crippen LogP contribution in [0.5, 0.6) is 0 Å². The van der Waals surface area contributed by atoms with E-state index in [1.165, 1.54) is 23.1 Å². The van der Waals surface area contributed by atoms with Crippen LogP contribution in [0.15, 0.2) is 46.4 Å². The summed E-state index contributed by atoms with van der Waals surface area (Å²) in [4.78, 5) is 30.5. The molecule has 0 aliphatic carbocycles. The van der Waals surface area contributed by atoms with Crippen LogP contribution in [0.1, 0.15) is 27.9 Å². The second-order valence-electron chi connectivity index (χ2n) is 7.28. The predicted molar refractivity (Wildman–Crippen MR) is 121 cm³/mol. The zero-order chi connectivity index (χ0) is 21.1. The van der Waals surface area contributed by atoms with Gasteiger partial charge in [-0.3, -0.25) is 9.59 Å². The van der Waals surface area contributed by atoms with Gasteiger partial charge in [-0.25, -0.2) is 4.98 Å². The summed E-state index contributed by atoms with van der Waals surface area (Å²) in [5.41, 5.74) is 3.79. The molecule has 0 unspecified atom stereocenters. The Balaban J connectivity index is 1.37. The summed E-state index contributed by atoms with van der Waals surface area (Å²) in [6.45, 7) is 4.18. The van der Waals surface area contributed by atoms with Crippen molar-refractivity contribution in [3.8, 4) is 10.6 Å². The highest BCUT2D eigenvalue weighted by atomic mass is 32.1. The molecule has 30 heavy (non-hydrogen) atoms. The zero-order valence-electron chi connectivity index (χ0n) is 16.9. The first kappa shape index (κ1) is 20.5. The van der Waals surface area contributed by atoms with Crippen molar-refractivity contribution in [2.75, 3.05) is 6.54 Å². The van der Waals surface area contributed by atoms with Crippen molar-refractivity contribution in [1.29, 1.82) is 0 Å². The molecule has 3 aromatic heterocycles. The van der Waals surface area contributed by atoms with Gasteiger partial charge in [-0.05, 0) is 37.1 Å². The summed E-state index contributed by atoms with van der Waals surface area (Å²) in [5, 5.41) is 6.64. The van der Waals surface area contributed by atoms with Gasteiger partial charge in [-0.15, -0.1) is 22.7 Å². The number of carbonyl (C=O) groups is 2. The number of rotatable bonds is 8. The summed E-state index contributed by atoms with van der Waals surface area (Å²) < 4.78 is 5.60. The molecule has 0 radical (unpaired) electrons. The quantitative estimate of drug-likeness (QED) is 0.422. The fraction of sp³-hybridized carbons (Fsp3) is 0.261. The first-order valence-electron chi connectivity index (χ1n) is 9.74. The number of furan rings is 1. The van der Waals surface area contributed by atoms with Crippen molar-refractivity contribution < 1.29 is 14.0 Å². The number of carbonyl (C=O) groups excluding carboxylic acids is 2. The molecule has 0 fully saturated rings. The Morgan fingerprint density at radius 1 is 1.17 bits per heavy atom. The maximum Gasteiger partial charge on any atom is 0.216 e. The fourth-order valence-corrected chi connectivity index (χ4v) is 5.15. The van der Waals surface area contributed by atoms with E-state index in [4.69, 9.17) is 4.42 Å². The Labute approximate surface area is 182 Å². The van der Waals surface area contributed by atoms with Gasteiger partial charge in [0.15, 0.2) is 0 Å². The van der Waals surface area contributed by atoms with Gasteiger partial charge in [0.2, 0.25) is 5.91 Å². The number of ketones is 1. The lowest BCUT2D eigenvalue weighted by atomic mass is 10.1. The van der Waals surface area contributed by atoms with E-state index in [1.807, 2.05) is 36.6 Å². The molecule has 0 aliphatic heterocycles. The summed E-state index contributed by atoms with van der Waals surface area (Å²) in [6, 6.07) is 10.1. The summed E-state index contributed by atoms with van der Waals surface area (Å²) in [6.07, 6.45) is 3.16. The Morgan fingerprint density at radius 3 is 2.87 bits per heavy atom. The van der Waals surface area contributed by atoms with Crippen molar-refractivity contribution in [2.24, 2.45) is 0 Å². The number of nitrogens with one attached hydrogen (secondary N) is 1. The lowest BCUT2D eigenvalue weighted by Crippen LogP contribution is -2.21. The molecule has 1 amide bonds. The highest BCUT2D eigenvalue weighted by Gasteiger charge is 2.14. The molecule has 0 bridgehead atoms. The highest BCUT2D eigenvalue weighted by Crippen LogP contribution is 2.30. The second kappa shape index (κ2) is 8.93. The topological polar surface area (TPSA) is 72.2 Å². The van der Waals surface area contributed by atoms with E-state index in [0.29, 0.717) is 19.4 Å². The van der Waals surface area contributed by atoms with Gasteiger partial charge in [0, 0.05) is 41.1 Å². The van der Waals surface area contributed by atoms with Gasteiger partial charge in [0.05, 0.1) is 23.3 Å². The van der Waals surface area contributed by atoms with Crippen LogP contribution in [0.4, 0.5) is 0 Å². The molecular formula is C23H22N2O3S2. The van der Waals surface area contributed by atoms with Crippen LogP contribution in [0.2, 0.25) is 0 Å². The monoisotopic (exact) mass is 438 g/mol. The molecule has 7 heteroatoms. The number of aromatic nitrogens is 1. The molecule has 3 heterocycles. The number of thiazole rings is 1. The fourth-order valence-electron chi connectivity index (χ4n) is 3.29. The van der Waals surface area contributed by atoms with Crippen LogP contribution in [-0.2, 0) is 28.9 Å². The minimum atomic E-state index is -0.0147.